The van der Waals surface area contributed by atoms with Crippen LogP contribution in [0.2, 0.25) is 0 Å². The van der Waals surface area contributed by atoms with Crippen molar-refractivity contribution in [1.29, 1.82) is 0 Å². The van der Waals surface area contributed by atoms with Crippen molar-refractivity contribution in [3.05, 3.63) is 0 Å². The number of ether oxygens (including phenoxy) is 9. The predicted octanol–water partition coefficient (Wildman–Crippen LogP) is 7.76. The van der Waals surface area contributed by atoms with E-state index in [2.05, 4.69) is 45.7 Å². The van der Waals surface area contributed by atoms with Gasteiger partial charge in [-0.05, 0) is 96.3 Å². The summed E-state index contributed by atoms with van der Waals surface area (Å²) in [6.45, 7) is 5.96. The normalized spacial score (nSPS) is 11.8. The maximum absolute atomic E-state index is 12.4. The Bertz CT molecular complexity index is 1580. The van der Waals surface area contributed by atoms with E-state index in [-0.39, 0.29) is 59.2 Å². The second-order valence-electron chi connectivity index (χ2n) is 17.7. The van der Waals surface area contributed by atoms with E-state index < -0.39 is 72.6 Å². The van der Waals surface area contributed by atoms with Crippen molar-refractivity contribution in [1.82, 2.24) is 31.9 Å². The fourth-order valence-electron chi connectivity index (χ4n) is 7.03. The first kappa shape index (κ1) is 69.0. The van der Waals surface area contributed by atoms with Crippen LogP contribution in [0.25, 0.3) is 0 Å². The molecule has 434 valence electrons. The van der Waals surface area contributed by atoms with Gasteiger partial charge in [-0.1, -0.05) is 78.1 Å². The van der Waals surface area contributed by atoms with Gasteiger partial charge in [0.2, 0.25) is 0 Å². The van der Waals surface area contributed by atoms with Gasteiger partial charge >= 0.3 is 54.5 Å². The smallest absolute Gasteiger partial charge is 0.407 e. The van der Waals surface area contributed by atoms with Gasteiger partial charge in [-0.2, -0.15) is 0 Å². The van der Waals surface area contributed by atoms with Crippen molar-refractivity contribution in [2.45, 2.75) is 192 Å². The first-order valence-corrected chi connectivity index (χ1v) is 27.1. The van der Waals surface area contributed by atoms with E-state index in [1.807, 2.05) is 0 Å². The third kappa shape index (κ3) is 42.0. The van der Waals surface area contributed by atoms with Gasteiger partial charge in [-0.25, -0.2) is 43.2 Å². The molecule has 75 heavy (non-hydrogen) atoms. The highest BCUT2D eigenvalue weighted by Crippen LogP contribution is 2.09. The third-order valence-corrected chi connectivity index (χ3v) is 11.4. The Balaban J connectivity index is 4.08. The summed E-state index contributed by atoms with van der Waals surface area (Å²) < 4.78 is 45.4. The quantitative estimate of drug-likeness (QED) is 0.0193. The summed E-state index contributed by atoms with van der Waals surface area (Å²) in [5.41, 5.74) is 0. The van der Waals surface area contributed by atoms with Gasteiger partial charge in [-0.3, -0.25) is 0 Å². The van der Waals surface area contributed by atoms with Crippen LogP contribution in [0.3, 0.4) is 0 Å². The topological polar surface area (TPSA) is 309 Å². The molecule has 0 bridgehead atoms. The molecule has 3 atom stereocenters. The molecule has 0 aliphatic carbocycles. The van der Waals surface area contributed by atoms with Gasteiger partial charge in [0, 0.05) is 19.6 Å². The van der Waals surface area contributed by atoms with E-state index in [4.69, 9.17) is 42.6 Å². The molecule has 6 amide bonds. The molecular formula is C51H92N6O18. The number of carbonyl (C=O) groups excluding carboxylic acids is 9. The molecule has 3 unspecified atom stereocenters. The van der Waals surface area contributed by atoms with E-state index in [9.17, 15) is 43.2 Å². The molecule has 0 saturated heterocycles. The predicted molar refractivity (Wildman–Crippen MR) is 276 cm³/mol. The molecular weight excluding hydrogens is 985 g/mol. The molecule has 0 heterocycles. The molecule has 0 saturated carbocycles. The highest BCUT2D eigenvalue weighted by molar-refractivity contribution is 5.82. The molecule has 0 radical (unpaired) electrons. The number of carbonyl (C=O) groups is 9. The van der Waals surface area contributed by atoms with E-state index >= 15 is 0 Å². The lowest BCUT2D eigenvalue weighted by atomic mass is 10.1. The van der Waals surface area contributed by atoms with Crippen molar-refractivity contribution < 1.29 is 85.8 Å². The minimum Gasteiger partial charge on any atom is -0.467 e. The van der Waals surface area contributed by atoms with E-state index in [0.29, 0.717) is 83.6 Å². The Kier molecular flexibility index (Phi) is 45.0. The van der Waals surface area contributed by atoms with Gasteiger partial charge in [0.25, 0.3) is 0 Å². The Labute approximate surface area is 444 Å². The van der Waals surface area contributed by atoms with Crippen molar-refractivity contribution in [2.24, 2.45) is 0 Å². The molecule has 0 spiro atoms. The summed E-state index contributed by atoms with van der Waals surface area (Å²) in [5.74, 6) is -1.82. The fourth-order valence-corrected chi connectivity index (χ4v) is 7.03. The van der Waals surface area contributed by atoms with Crippen LogP contribution in [0.4, 0.5) is 28.8 Å². The number of unbranched alkanes of at least 4 members (excludes halogenated alkanes) is 15. The molecule has 24 heteroatoms. The first-order valence-electron chi connectivity index (χ1n) is 27.1. The second kappa shape index (κ2) is 48.9. The van der Waals surface area contributed by atoms with E-state index in [0.717, 1.165) is 64.2 Å². The molecule has 0 rings (SSSR count). The highest BCUT2D eigenvalue weighted by atomic mass is 16.6. The monoisotopic (exact) mass is 1080 g/mol. The molecule has 0 aliphatic heterocycles. The molecule has 0 aliphatic rings. The molecule has 24 nitrogen and oxygen atoms in total. The number of rotatable bonds is 45. The lowest BCUT2D eigenvalue weighted by molar-refractivity contribution is -0.144. The van der Waals surface area contributed by atoms with Gasteiger partial charge in [-0.15, -0.1) is 0 Å². The van der Waals surface area contributed by atoms with Crippen molar-refractivity contribution in [2.75, 3.05) is 80.6 Å². The van der Waals surface area contributed by atoms with Crippen LogP contribution >= 0.6 is 0 Å². The Morgan fingerprint density at radius 3 is 0.773 bits per heavy atom. The number of amides is 6. The molecule has 0 aromatic carbocycles. The van der Waals surface area contributed by atoms with Crippen LogP contribution in [0.15, 0.2) is 0 Å². The standard InChI is InChI=1S/C51H92N6O18/c1-6-8-10-12-14-22-34-73-49(64)55-40(43(58)67-3)28-16-19-31-52-46(61)70-36-24-25-37-71-47(62)53-32-21-18-30-42(45(60)69-5)57-51(66)75-39-27-26-38-72-48(63)54-33-20-17-29-41(44(59)68-4)56-50(65)74-35-23-15-13-11-9-7-2/h40-42H,6-39H2,1-5H3,(H,52,61)(H,53,62)(H,54,63)(H,55,64)(H,56,65)(H,57,66). The van der Waals surface area contributed by atoms with Crippen LogP contribution in [-0.4, -0.2) is 153 Å². The number of esters is 3. The summed E-state index contributed by atoms with van der Waals surface area (Å²) in [7, 11) is 3.68. The summed E-state index contributed by atoms with van der Waals surface area (Å²) in [4.78, 5) is 109. The summed E-state index contributed by atoms with van der Waals surface area (Å²) >= 11 is 0. The average Bonchev–Trinajstić information content (AvgIpc) is 3.40. The van der Waals surface area contributed by atoms with Crippen LogP contribution in [-0.2, 0) is 57.0 Å². The number of nitrogens with one attached hydrogen (secondary N) is 6. The molecule has 6 N–H and O–H groups in total. The Morgan fingerprint density at radius 2 is 0.520 bits per heavy atom. The van der Waals surface area contributed by atoms with E-state index in [1.54, 1.807) is 0 Å². The third-order valence-electron chi connectivity index (χ3n) is 11.4. The minimum absolute atomic E-state index is 0.00455. The van der Waals surface area contributed by atoms with Crippen molar-refractivity contribution in [3.63, 3.8) is 0 Å². The van der Waals surface area contributed by atoms with E-state index in [1.165, 1.54) is 34.2 Å². The van der Waals surface area contributed by atoms with Crippen molar-refractivity contribution >= 4 is 54.5 Å². The zero-order valence-electron chi connectivity index (χ0n) is 45.6. The van der Waals surface area contributed by atoms with Gasteiger partial charge in [0.15, 0.2) is 0 Å². The van der Waals surface area contributed by atoms with Crippen LogP contribution < -0.4 is 31.9 Å². The zero-order chi connectivity index (χ0) is 55.6. The van der Waals surface area contributed by atoms with Gasteiger partial charge in [0.1, 0.15) is 18.1 Å². The van der Waals surface area contributed by atoms with Crippen molar-refractivity contribution in [3.8, 4) is 0 Å². The fraction of sp³-hybridized carbons (Fsp3) is 0.824. The maximum Gasteiger partial charge on any atom is 0.407 e. The molecule has 0 aromatic rings. The average molecular weight is 1080 g/mol. The highest BCUT2D eigenvalue weighted by Gasteiger charge is 2.24. The second-order valence-corrected chi connectivity index (χ2v) is 17.7. The number of hydrogen-bond acceptors (Lipinski definition) is 18. The Hall–Kier alpha value is -5.97. The number of alkyl carbamates (subject to hydrolysis) is 6. The SMILES string of the molecule is CCCCCCCCOC(=O)NC(CCCCNC(=O)OCCCCOC(=O)NCCCCC(NC(=O)OCCCCOC(=O)NCCCCC(NC(=O)OCCCCCCCC)C(=O)OC)C(=O)OC)C(=O)OC. The van der Waals surface area contributed by atoms with Crippen LogP contribution in [0, 0.1) is 0 Å². The Morgan fingerprint density at radius 1 is 0.293 bits per heavy atom. The van der Waals surface area contributed by atoms with Gasteiger partial charge < -0.3 is 74.5 Å². The summed E-state index contributed by atoms with van der Waals surface area (Å²) in [6.07, 6.45) is 14.1. The minimum atomic E-state index is -0.976. The maximum atomic E-state index is 12.4. The first-order chi connectivity index (χ1) is 36.3. The van der Waals surface area contributed by atoms with Crippen LogP contribution in [0.5, 0.6) is 0 Å². The lowest BCUT2D eigenvalue weighted by Crippen LogP contribution is -2.42. The van der Waals surface area contributed by atoms with Crippen LogP contribution in [0.1, 0.15) is 174 Å². The molecule has 0 fully saturated rings. The summed E-state index contributed by atoms with van der Waals surface area (Å²) in [5, 5.41) is 15.5. The largest absolute Gasteiger partial charge is 0.467 e. The zero-order valence-corrected chi connectivity index (χ0v) is 45.6. The number of hydrogen-bond donors (Lipinski definition) is 6. The lowest BCUT2D eigenvalue weighted by Gasteiger charge is -2.16. The van der Waals surface area contributed by atoms with Gasteiger partial charge in [0.05, 0.1) is 61.0 Å². The number of methoxy groups -OCH3 is 3. The molecule has 0 aromatic heterocycles. The summed E-state index contributed by atoms with van der Waals surface area (Å²) in [6, 6.07) is -2.71.